The van der Waals surface area contributed by atoms with Gasteiger partial charge in [-0.15, -0.1) is 11.3 Å². The van der Waals surface area contributed by atoms with Crippen molar-refractivity contribution in [3.63, 3.8) is 0 Å². The van der Waals surface area contributed by atoms with Gasteiger partial charge in [0, 0.05) is 36.6 Å². The van der Waals surface area contributed by atoms with Crippen LogP contribution in [0.3, 0.4) is 0 Å². The van der Waals surface area contributed by atoms with E-state index in [1.807, 2.05) is 17.9 Å². The molecule has 1 saturated heterocycles. The van der Waals surface area contributed by atoms with E-state index in [4.69, 9.17) is 0 Å². The smallest absolute Gasteiger partial charge is 0.252 e. The largest absolute Gasteiger partial charge is 0.282 e. The molecule has 0 N–H and O–H groups in total. The second-order valence-electron chi connectivity index (χ2n) is 6.07. The molecule has 0 radical (unpaired) electrons. The number of aryl methyl sites for hydroxylation is 1. The van der Waals surface area contributed by atoms with Crippen LogP contribution in [0, 0.1) is 17.1 Å². The summed E-state index contributed by atoms with van der Waals surface area (Å²) < 4.78 is 41.4. The minimum atomic E-state index is -3.51. The Labute approximate surface area is 157 Å². The van der Waals surface area contributed by atoms with E-state index in [0.29, 0.717) is 22.9 Å². The second-order valence-corrected chi connectivity index (χ2v) is 9.40. The van der Waals surface area contributed by atoms with E-state index in [-0.39, 0.29) is 13.1 Å². The maximum Gasteiger partial charge on any atom is 0.252 e. The summed E-state index contributed by atoms with van der Waals surface area (Å²) in [6.07, 6.45) is 0.806. The molecule has 0 saturated carbocycles. The fraction of sp³-hybridized carbons (Fsp3) is 0.389. The van der Waals surface area contributed by atoms with Crippen LogP contribution in [0.4, 0.5) is 4.39 Å². The summed E-state index contributed by atoms with van der Waals surface area (Å²) in [5.41, 5.74) is 0.331. The van der Waals surface area contributed by atoms with Gasteiger partial charge in [0.15, 0.2) is 0 Å². The van der Waals surface area contributed by atoms with Crippen molar-refractivity contribution in [2.24, 2.45) is 0 Å². The van der Waals surface area contributed by atoms with E-state index < -0.39 is 21.9 Å². The zero-order valence-electron chi connectivity index (χ0n) is 14.4. The summed E-state index contributed by atoms with van der Waals surface area (Å²) >= 11 is 1.30. The molecule has 2 aromatic rings. The lowest BCUT2D eigenvalue weighted by Crippen LogP contribution is -2.49. The molecule has 2 heterocycles. The third-order valence-electron chi connectivity index (χ3n) is 4.54. The van der Waals surface area contributed by atoms with E-state index >= 15 is 0 Å². The molecule has 0 amide bonds. The lowest BCUT2D eigenvalue weighted by Gasteiger charge is -2.36. The lowest BCUT2D eigenvalue weighted by molar-refractivity contribution is 0.161. The maximum atomic E-state index is 14.0. The lowest BCUT2D eigenvalue weighted by atomic mass is 10.1. The minimum absolute atomic E-state index is 0.286. The first-order valence-corrected chi connectivity index (χ1v) is 10.7. The molecule has 1 fully saturated rings. The predicted octanol–water partition coefficient (Wildman–Crippen LogP) is 3.02. The van der Waals surface area contributed by atoms with Crippen LogP contribution in [0.1, 0.15) is 23.4 Å². The summed E-state index contributed by atoms with van der Waals surface area (Å²) in [6, 6.07) is 11.2. The standard InChI is InChI=1S/C18H20FN3O2S2/c1-2-14-7-8-18(25-14)26(23,24)22-11-9-21(10-12-22)17(13-20)15-5-3-4-6-16(15)19/h3-8,17H,2,9-12H2,1H3. The summed E-state index contributed by atoms with van der Waals surface area (Å²) in [6.45, 7) is 3.34. The highest BCUT2D eigenvalue weighted by Gasteiger charge is 2.33. The first kappa shape index (κ1) is 19.0. The van der Waals surface area contributed by atoms with Gasteiger partial charge in [0.2, 0.25) is 0 Å². The molecule has 3 rings (SSSR count). The molecule has 0 spiro atoms. The van der Waals surface area contributed by atoms with Gasteiger partial charge in [-0.2, -0.15) is 9.57 Å². The van der Waals surface area contributed by atoms with E-state index in [1.54, 1.807) is 24.3 Å². The van der Waals surface area contributed by atoms with Crippen molar-refractivity contribution in [1.82, 2.24) is 9.21 Å². The van der Waals surface area contributed by atoms with Crippen molar-refractivity contribution >= 4 is 21.4 Å². The molecule has 1 atom stereocenters. The average Bonchev–Trinajstić information content (AvgIpc) is 3.14. The number of nitriles is 1. The van der Waals surface area contributed by atoms with Crippen molar-refractivity contribution in [2.75, 3.05) is 26.2 Å². The van der Waals surface area contributed by atoms with E-state index in [9.17, 15) is 18.1 Å². The zero-order valence-corrected chi connectivity index (χ0v) is 16.1. The van der Waals surface area contributed by atoms with Crippen LogP contribution in [0.2, 0.25) is 0 Å². The number of piperazine rings is 1. The quantitative estimate of drug-likeness (QED) is 0.783. The Balaban J connectivity index is 1.72. The highest BCUT2D eigenvalue weighted by Crippen LogP contribution is 2.28. The zero-order chi connectivity index (χ0) is 18.7. The molecule has 1 aliphatic heterocycles. The summed E-state index contributed by atoms with van der Waals surface area (Å²) in [5.74, 6) is -0.417. The molecule has 0 aliphatic carbocycles. The fourth-order valence-electron chi connectivity index (χ4n) is 3.06. The van der Waals surface area contributed by atoms with Gasteiger partial charge < -0.3 is 0 Å². The van der Waals surface area contributed by atoms with Crippen LogP contribution in [0.15, 0.2) is 40.6 Å². The normalized spacial score (nSPS) is 17.7. The summed E-state index contributed by atoms with van der Waals surface area (Å²) in [4.78, 5) is 2.86. The second kappa shape index (κ2) is 7.84. The molecule has 1 aliphatic rings. The average molecular weight is 394 g/mol. The SMILES string of the molecule is CCc1ccc(S(=O)(=O)N2CCN(C(C#N)c3ccccc3F)CC2)s1. The number of thiophene rings is 1. The van der Waals surface area contributed by atoms with Crippen LogP contribution in [0.5, 0.6) is 0 Å². The highest BCUT2D eigenvalue weighted by atomic mass is 32.2. The van der Waals surface area contributed by atoms with Gasteiger partial charge in [-0.25, -0.2) is 12.8 Å². The summed E-state index contributed by atoms with van der Waals surface area (Å²) in [7, 11) is -3.51. The van der Waals surface area contributed by atoms with Gasteiger partial charge in [0.25, 0.3) is 10.0 Å². The predicted molar refractivity (Wildman–Crippen MR) is 98.8 cm³/mol. The van der Waals surface area contributed by atoms with Gasteiger partial charge in [0.1, 0.15) is 16.1 Å². The van der Waals surface area contributed by atoms with Gasteiger partial charge in [-0.1, -0.05) is 25.1 Å². The number of benzene rings is 1. The molecule has 1 aromatic carbocycles. The van der Waals surface area contributed by atoms with E-state index in [2.05, 4.69) is 6.07 Å². The van der Waals surface area contributed by atoms with Crippen molar-refractivity contribution in [1.29, 1.82) is 5.26 Å². The number of rotatable bonds is 5. The highest BCUT2D eigenvalue weighted by molar-refractivity contribution is 7.91. The van der Waals surface area contributed by atoms with Crippen LogP contribution >= 0.6 is 11.3 Å². The molecule has 1 unspecified atom stereocenters. The van der Waals surface area contributed by atoms with Crippen molar-refractivity contribution in [2.45, 2.75) is 23.6 Å². The van der Waals surface area contributed by atoms with Gasteiger partial charge >= 0.3 is 0 Å². The topological polar surface area (TPSA) is 64.4 Å². The molecule has 0 bridgehead atoms. The molecule has 138 valence electrons. The Bertz CT molecular complexity index is 913. The Morgan fingerprint density at radius 2 is 1.88 bits per heavy atom. The Morgan fingerprint density at radius 3 is 2.46 bits per heavy atom. The number of sulfonamides is 1. The Hall–Kier alpha value is -1.79. The van der Waals surface area contributed by atoms with Crippen LogP contribution < -0.4 is 0 Å². The van der Waals surface area contributed by atoms with Crippen LogP contribution in [-0.4, -0.2) is 43.8 Å². The van der Waals surface area contributed by atoms with Crippen molar-refractivity contribution in [3.05, 3.63) is 52.7 Å². The first-order valence-electron chi connectivity index (χ1n) is 8.44. The number of nitrogens with zero attached hydrogens (tertiary/aromatic N) is 3. The van der Waals surface area contributed by atoms with Crippen LogP contribution in [-0.2, 0) is 16.4 Å². The van der Waals surface area contributed by atoms with Gasteiger partial charge in [0.05, 0.1) is 6.07 Å². The minimum Gasteiger partial charge on any atom is -0.282 e. The summed E-state index contributed by atoms with van der Waals surface area (Å²) in [5, 5.41) is 9.50. The number of hydrogen-bond donors (Lipinski definition) is 0. The molecule has 26 heavy (non-hydrogen) atoms. The van der Waals surface area contributed by atoms with Gasteiger partial charge in [-0.05, 0) is 24.6 Å². The Morgan fingerprint density at radius 1 is 1.19 bits per heavy atom. The van der Waals surface area contributed by atoms with E-state index in [0.717, 1.165) is 11.3 Å². The molecule has 5 nitrogen and oxygen atoms in total. The van der Waals surface area contributed by atoms with Crippen molar-refractivity contribution < 1.29 is 12.8 Å². The fourth-order valence-corrected chi connectivity index (χ4v) is 5.93. The maximum absolute atomic E-state index is 14.0. The Kier molecular flexibility index (Phi) is 5.73. The molecular formula is C18H20FN3O2S2. The number of hydrogen-bond acceptors (Lipinski definition) is 5. The van der Waals surface area contributed by atoms with Crippen molar-refractivity contribution in [3.8, 4) is 6.07 Å². The molecule has 1 aromatic heterocycles. The number of halogens is 1. The van der Waals surface area contributed by atoms with Crippen LogP contribution in [0.25, 0.3) is 0 Å². The molecular weight excluding hydrogens is 373 g/mol. The molecule has 8 heteroatoms. The first-order chi connectivity index (χ1) is 12.5. The van der Waals surface area contributed by atoms with Gasteiger partial charge in [-0.3, -0.25) is 4.90 Å². The third-order valence-corrected chi connectivity index (χ3v) is 8.14. The monoisotopic (exact) mass is 393 g/mol. The third kappa shape index (κ3) is 3.67. The van der Waals surface area contributed by atoms with E-state index in [1.165, 1.54) is 21.7 Å².